The summed E-state index contributed by atoms with van der Waals surface area (Å²) in [7, 11) is 31.6. The molecule has 4 aliphatic heterocycles. The van der Waals surface area contributed by atoms with Gasteiger partial charge >= 0.3 is 87.9 Å². The zero-order valence-electron chi connectivity index (χ0n) is 78.7. The first-order chi connectivity index (χ1) is 67.1. The number of rotatable bonds is 10. The molecular formula is C98H86Al2Br7Cl7F7N7Na2O16Si. The number of carbonyl (C=O) groups excluding carboxylic acids is 5. The van der Waals surface area contributed by atoms with Gasteiger partial charge in [-0.1, -0.05) is 158 Å². The number of hydrogen-bond donors (Lipinski definition) is 6. The van der Waals surface area contributed by atoms with Crippen molar-refractivity contribution in [1.82, 2.24) is 10.5 Å². The second kappa shape index (κ2) is 72.0. The molecule has 49 heteroatoms. The summed E-state index contributed by atoms with van der Waals surface area (Å²) in [5.41, 5.74) is 13.6. The van der Waals surface area contributed by atoms with E-state index in [0.717, 1.165) is 58.4 Å². The number of hydroxylamine groups is 3. The quantitative estimate of drug-likeness (QED) is 0.00707. The molecule has 0 radical (unpaired) electrons. The molecule has 0 aliphatic carbocycles. The number of benzene rings is 12. The minimum atomic E-state index is -1.72. The molecule has 0 saturated heterocycles. The van der Waals surface area contributed by atoms with Gasteiger partial charge in [0.25, 0.3) is 0 Å². The number of nitrogens with one attached hydrogen (secondary N) is 1. The molecule has 4 unspecified atom stereocenters. The monoisotopic (exact) mass is 2670 g/mol. The number of aromatic hydroxyl groups is 3. The number of aldehydes is 1. The van der Waals surface area contributed by atoms with Crippen LogP contribution in [0.15, 0.2) is 307 Å². The number of allylic oxidation sites excluding steroid dienone is 1. The molecule has 0 bridgehead atoms. The summed E-state index contributed by atoms with van der Waals surface area (Å²) in [6.07, 6.45) is 5.87. The van der Waals surface area contributed by atoms with Gasteiger partial charge in [0.15, 0.2) is 25.6 Å². The van der Waals surface area contributed by atoms with Crippen LogP contribution in [0, 0.1) is 52.2 Å². The summed E-state index contributed by atoms with van der Waals surface area (Å²) in [5.74, 6) is -1.12. The van der Waals surface area contributed by atoms with E-state index in [1.807, 2.05) is 146 Å². The molecule has 23 nitrogen and oxygen atoms in total. The molecule has 0 aromatic heterocycles. The van der Waals surface area contributed by atoms with E-state index in [4.69, 9.17) is 106 Å². The molecule has 16 rings (SSSR count). The fraction of sp³-hybridized carbons (Fsp3) is 0.143. The van der Waals surface area contributed by atoms with Crippen molar-refractivity contribution >= 4 is 268 Å². The Morgan fingerprint density at radius 1 is 0.558 bits per heavy atom. The van der Waals surface area contributed by atoms with Gasteiger partial charge in [0.05, 0.1) is 65.7 Å². The summed E-state index contributed by atoms with van der Waals surface area (Å²) in [4.78, 5) is 69.7. The third kappa shape index (κ3) is 49.4. The number of ketones is 3. The molecule has 12 aromatic rings. The molecule has 0 saturated carbocycles. The Hall–Kier alpha value is -6.81. The molecule has 9 N–H and O–H groups in total. The maximum absolute atomic E-state index is 14.0. The molecule has 0 fully saturated rings. The number of carbonyl (C=O) groups is 5. The Kier molecular flexibility index (Phi) is 68.6. The number of guanidine groups is 1. The largest absolute Gasteiger partial charge is 1.00 e. The van der Waals surface area contributed by atoms with E-state index >= 15 is 0 Å². The van der Waals surface area contributed by atoms with Crippen molar-refractivity contribution in [3.8, 4) is 46.4 Å². The summed E-state index contributed by atoms with van der Waals surface area (Å²) in [6.45, 7) is 12.4. The van der Waals surface area contributed by atoms with Crippen molar-refractivity contribution in [2.45, 2.75) is 76.8 Å². The molecule has 12 aromatic carbocycles. The molecule has 4 heterocycles. The maximum Gasteiger partial charge on any atom is 1.00 e. The third-order valence-corrected chi connectivity index (χ3v) is 23.2. The Labute approximate surface area is 988 Å². The smallest absolute Gasteiger partial charge is 0.870 e. The molecule has 0 amide bonds. The average Bonchev–Trinajstić information content (AvgIpc) is 1.61. The number of nitrogens with zero attached hydrogens (tertiary/aromatic N) is 5. The average molecular weight is 2690 g/mol. The van der Waals surface area contributed by atoms with Crippen LogP contribution < -0.4 is 89.3 Å². The molecule has 768 valence electrons. The maximum atomic E-state index is 14.0. The van der Waals surface area contributed by atoms with Crippen molar-refractivity contribution in [3.63, 3.8) is 0 Å². The number of esters is 1. The molecule has 147 heavy (non-hydrogen) atoms. The Morgan fingerprint density at radius 3 is 1.33 bits per heavy atom. The van der Waals surface area contributed by atoms with Crippen LogP contribution in [0.5, 0.6) is 40.2 Å². The van der Waals surface area contributed by atoms with Crippen molar-refractivity contribution in [3.05, 3.63) is 389 Å². The molecule has 4 atom stereocenters. The van der Waals surface area contributed by atoms with Gasteiger partial charge in [0, 0.05) is 87.5 Å². The minimum Gasteiger partial charge on any atom is -0.870 e. The van der Waals surface area contributed by atoms with Crippen molar-refractivity contribution in [1.29, 1.82) is 5.26 Å². The Morgan fingerprint density at radius 2 is 0.932 bits per heavy atom. The van der Waals surface area contributed by atoms with E-state index in [9.17, 15) is 59.8 Å². The third-order valence-electron chi connectivity index (χ3n) is 18.1. The number of nitriles is 1. The van der Waals surface area contributed by atoms with Gasteiger partial charge in [-0.05, 0) is 233 Å². The number of nitrogens with two attached hydrogens (primary N) is 1. The van der Waals surface area contributed by atoms with Crippen LogP contribution in [0.1, 0.15) is 126 Å². The van der Waals surface area contributed by atoms with Crippen LogP contribution >= 0.6 is 184 Å². The Balaban J connectivity index is 0.00000164. The van der Waals surface area contributed by atoms with Crippen molar-refractivity contribution in [2.24, 2.45) is 20.4 Å². The normalized spacial score (nSPS) is 14.1. The minimum absolute atomic E-state index is 0. The van der Waals surface area contributed by atoms with Gasteiger partial charge in [0.2, 0.25) is 17.9 Å². The SMILES string of the molecule is C=C=N[Si](C)(C)C.CC(=O)Oc1ccc(Br)c(F)c1.CC(=O)c1cc(Br)c(F)cc1O.CN1OC2(CC(c3ccccc3)Oc3cc(F)c(Br)cc32)N=C1N.CNO.Cl.N#CN=C1CC(c2ccccc2)Oc2cc(F)c(Br)cc21.O=C(/C=C/c1ccccc1)c1cc(Br)c(F)cc1O.O=C1CC(c2ccccc2)Oc2cc(F)c(Br)cc21.O=Cc1ccccc1.Oc1ccc(Br)c(F)c1.[Cl][Al]([Cl])[Cl].[Cl][Al]([Cl])[Cl].[Na+].[Na+].[OH-].[OH-]. The number of ether oxygens (including phenoxy) is 4. The molecular weight excluding hydrogens is 2600 g/mol. The van der Waals surface area contributed by atoms with Crippen molar-refractivity contribution in [2.75, 3.05) is 14.1 Å². The predicted octanol–water partition coefficient (Wildman–Crippen LogP) is 23.8. The number of aliphatic imine (C=N–C) groups is 2. The summed E-state index contributed by atoms with van der Waals surface area (Å²) in [5, 5.41) is 45.0. The van der Waals surface area contributed by atoms with Crippen LogP contribution in [0.4, 0.5) is 30.7 Å². The zero-order chi connectivity index (χ0) is 106. The predicted molar refractivity (Wildman–Crippen MR) is 584 cm³/mol. The number of Topliss-reactive ketones (excluding diaryl/α,β-unsaturated/α-hetero) is 2. The van der Waals surface area contributed by atoms with Gasteiger partial charge in [-0.2, -0.15) is 10.3 Å². The van der Waals surface area contributed by atoms with Crippen LogP contribution in [0.3, 0.4) is 0 Å². The van der Waals surface area contributed by atoms with Crippen LogP contribution in [-0.4, -0.2) is 129 Å². The van der Waals surface area contributed by atoms with E-state index in [1.54, 1.807) is 42.9 Å². The first kappa shape index (κ1) is 140. The first-order valence-electron chi connectivity index (χ1n) is 40.8. The van der Waals surface area contributed by atoms with Gasteiger partial charge in [-0.25, -0.2) is 111 Å². The number of phenols is 3. The van der Waals surface area contributed by atoms with E-state index in [2.05, 4.69) is 163 Å². The van der Waals surface area contributed by atoms with Crippen molar-refractivity contribution < 1.29 is 169 Å². The number of hydrogen-bond acceptors (Lipinski definition) is 23. The summed E-state index contributed by atoms with van der Waals surface area (Å²) >= 11 is 17.8. The fourth-order valence-electron chi connectivity index (χ4n) is 11.9. The second-order valence-electron chi connectivity index (χ2n) is 29.6. The fourth-order valence-corrected chi connectivity index (χ4v) is 14.6. The first-order valence-corrected chi connectivity index (χ1v) is 60.3. The van der Waals surface area contributed by atoms with Crippen LogP contribution in [0.2, 0.25) is 19.6 Å². The van der Waals surface area contributed by atoms with Gasteiger partial charge in [0.1, 0.15) is 106 Å². The zero-order valence-corrected chi connectivity index (χ0v) is 102. The van der Waals surface area contributed by atoms with Gasteiger partial charge in [-0.3, -0.25) is 28.6 Å². The number of fused-ring (bicyclic) bond motifs is 4. The summed E-state index contributed by atoms with van der Waals surface area (Å²) in [6, 6.07) is 68.2. The molecule has 1 spiro atoms. The number of phenolic OH excluding ortho intramolecular Hbond substituents is 3. The number of halogens is 21. The Bertz CT molecular complexity index is 6480. The van der Waals surface area contributed by atoms with Crippen LogP contribution in [0.25, 0.3) is 6.08 Å². The summed E-state index contributed by atoms with van der Waals surface area (Å²) < 4.78 is 121. The van der Waals surface area contributed by atoms with Crippen LogP contribution in [-0.2, 0) is 15.4 Å². The van der Waals surface area contributed by atoms with Gasteiger partial charge < -0.3 is 56.2 Å². The topological polar surface area (TPSA) is 375 Å². The second-order valence-corrected chi connectivity index (χ2v) is 53.0. The van der Waals surface area contributed by atoms with E-state index in [1.165, 1.54) is 92.7 Å². The standard InChI is InChI=1S/C17H15BrFN3O2.C16H10BrFN2O.2C15H10BrFO2.2C8H6BrFO2.C7H6O.C6H4BrFO.C5H11NSi.CH5NO.2Al.7ClH.2Na.2H2O/c1-22-16(20)21-17(24-22)9-15(10-5-3-2-4-6-10)23-14-8-13(19)12(18)7-11(14)17;17-12-6-11-14(20-9-19)8-15(10-4-2-1-3-5-10)21-16(11)7-13(12)18;16-11-6-10-13(18)8-14(9-4-2-1-3-5-9)19-15(10)7-12(11)17;16-12-8-11(15(19)9-13(12)17)14(18)7-6-10-4-2-1-3-5-10;1-4(11)5-2-6(9)7(10)3-8(5)12;1-5(11)12-6-2-3-7(9)8(10)4-6;8-6-7-4-2-1-3-5-7;7-5-2-1-4(9)3-6(5)8;1-5-6-7(2,3)4;1-2-3;;;;;;;;;;;;;/h2-8,15H,9H2,1H3,(H2,20,21);1-7,15H,8H2;1-7,14H,8H2;1-9,19H;2-3,12H,1H3;2-4H,1H3;1-6H;1-3,9H;1H2,2-4H3;2-3H,1H3;;;7*1H;;;2*1H2/q;;;;;;;;;;2*+3;;;;;;;;2*+1;;/p-8/b;;;7-6+;;;;;;;;;;;;;;;;;;;. The van der Waals surface area contributed by atoms with E-state index in [0.29, 0.717) is 70.4 Å². The van der Waals surface area contributed by atoms with Gasteiger partial charge in [-0.15, -0.1) is 12.4 Å². The van der Waals surface area contributed by atoms with E-state index < -0.39 is 83.4 Å². The van der Waals surface area contributed by atoms with E-state index in [-0.39, 0.29) is 178 Å². The molecule has 4 aliphatic rings.